The molecule has 0 unspecified atom stereocenters. The molecule has 0 bridgehead atoms. The Bertz CT molecular complexity index is 695. The lowest BCUT2D eigenvalue weighted by Gasteiger charge is -2.34. The molecule has 1 heterocycles. The van der Waals surface area contributed by atoms with Crippen LogP contribution in [0.4, 0.5) is 5.69 Å². The highest BCUT2D eigenvalue weighted by atomic mass is 32.1. The van der Waals surface area contributed by atoms with Crippen LogP contribution in [-0.2, 0) is 0 Å². The van der Waals surface area contributed by atoms with Crippen LogP contribution in [0.3, 0.4) is 0 Å². The number of anilines is 1. The van der Waals surface area contributed by atoms with Crippen molar-refractivity contribution in [1.82, 2.24) is 4.90 Å². The number of nitrogen functional groups attached to an aromatic ring is 1. The summed E-state index contributed by atoms with van der Waals surface area (Å²) in [5.74, 6) is -0.0273. The Balaban J connectivity index is 2.55. The van der Waals surface area contributed by atoms with Gasteiger partial charge in [-0.15, -0.1) is 17.9 Å². The van der Waals surface area contributed by atoms with Crippen molar-refractivity contribution in [2.24, 2.45) is 0 Å². The smallest absolute Gasteiger partial charge is 0.266 e. The maximum atomic E-state index is 12.9. The fraction of sp³-hybridized carbons (Fsp3) is 0.353. The molecule has 3 nitrogen and oxygen atoms in total. The van der Waals surface area contributed by atoms with Crippen LogP contribution in [0.15, 0.2) is 30.9 Å². The third-order valence-corrected chi connectivity index (χ3v) is 4.86. The van der Waals surface area contributed by atoms with Crippen LogP contribution in [0.5, 0.6) is 0 Å². The summed E-state index contributed by atoms with van der Waals surface area (Å²) in [6.07, 6.45) is 1.75. The number of carbonyl (C=O) groups excluding carboxylic acids is 1. The first kappa shape index (κ1) is 15.6. The van der Waals surface area contributed by atoms with Crippen molar-refractivity contribution in [3.63, 3.8) is 0 Å². The van der Waals surface area contributed by atoms with E-state index in [-0.39, 0.29) is 11.4 Å². The zero-order valence-electron chi connectivity index (χ0n) is 13.1. The highest BCUT2D eigenvalue weighted by Gasteiger charge is 2.29. The Kier molecular flexibility index (Phi) is 4.10. The van der Waals surface area contributed by atoms with E-state index in [1.807, 2.05) is 45.9 Å². The van der Waals surface area contributed by atoms with Crippen molar-refractivity contribution < 1.29 is 4.79 Å². The summed E-state index contributed by atoms with van der Waals surface area (Å²) >= 11 is 1.48. The summed E-state index contributed by atoms with van der Waals surface area (Å²) in [4.78, 5) is 15.3. The molecule has 0 radical (unpaired) electrons. The zero-order chi connectivity index (χ0) is 15.8. The van der Waals surface area contributed by atoms with Gasteiger partial charge in [0.25, 0.3) is 5.91 Å². The van der Waals surface area contributed by atoms with Crippen molar-refractivity contribution in [1.29, 1.82) is 0 Å². The number of nitrogens with zero attached hydrogens (tertiary/aromatic N) is 1. The van der Waals surface area contributed by atoms with Gasteiger partial charge in [-0.05, 0) is 33.3 Å². The number of fused-ring (bicyclic) bond motifs is 1. The van der Waals surface area contributed by atoms with E-state index < -0.39 is 0 Å². The molecule has 0 saturated heterocycles. The standard InChI is InChI=1S/C17H22N2OS/c1-6-10-19(17(3,4)5)16(20)15-13(18)12-9-7-8-11(2)14(12)21-15/h6-9H,1,10,18H2,2-5H3. The molecule has 0 aliphatic carbocycles. The molecule has 0 spiro atoms. The molecule has 4 heteroatoms. The number of hydrogen-bond acceptors (Lipinski definition) is 3. The van der Waals surface area contributed by atoms with Crippen LogP contribution in [0, 0.1) is 6.92 Å². The van der Waals surface area contributed by atoms with Gasteiger partial charge < -0.3 is 10.6 Å². The van der Waals surface area contributed by atoms with Gasteiger partial charge in [0.15, 0.2) is 0 Å². The molecular formula is C17H22N2OS. The fourth-order valence-corrected chi connectivity index (χ4v) is 3.49. The predicted molar refractivity (Wildman–Crippen MR) is 92.0 cm³/mol. The fourth-order valence-electron chi connectivity index (χ4n) is 2.35. The molecule has 0 saturated carbocycles. The van der Waals surface area contributed by atoms with Crippen LogP contribution in [-0.4, -0.2) is 22.9 Å². The Hall–Kier alpha value is -1.81. The highest BCUT2D eigenvalue weighted by molar-refractivity contribution is 7.21. The summed E-state index contributed by atoms with van der Waals surface area (Å²) < 4.78 is 1.09. The van der Waals surface area contributed by atoms with Gasteiger partial charge in [0.05, 0.1) is 5.69 Å². The first-order valence-electron chi connectivity index (χ1n) is 6.98. The lowest BCUT2D eigenvalue weighted by molar-refractivity contribution is 0.0623. The molecule has 2 N–H and O–H groups in total. The second-order valence-corrected chi connectivity index (χ2v) is 7.19. The number of thiophene rings is 1. The number of carbonyl (C=O) groups is 1. The second kappa shape index (κ2) is 5.53. The maximum absolute atomic E-state index is 12.9. The summed E-state index contributed by atoms with van der Waals surface area (Å²) in [6, 6.07) is 5.98. The summed E-state index contributed by atoms with van der Waals surface area (Å²) in [6.45, 7) is 12.3. The van der Waals surface area contributed by atoms with E-state index in [0.717, 1.165) is 15.6 Å². The lowest BCUT2D eigenvalue weighted by Crippen LogP contribution is -2.45. The van der Waals surface area contributed by atoms with E-state index >= 15 is 0 Å². The van der Waals surface area contributed by atoms with Gasteiger partial charge in [-0.3, -0.25) is 4.79 Å². The molecule has 0 aliphatic heterocycles. The number of nitrogens with two attached hydrogens (primary N) is 1. The molecule has 2 rings (SSSR count). The van der Waals surface area contributed by atoms with E-state index in [4.69, 9.17) is 5.73 Å². The third-order valence-electron chi connectivity index (χ3n) is 3.51. The number of aryl methyl sites for hydroxylation is 1. The quantitative estimate of drug-likeness (QED) is 0.863. The minimum Gasteiger partial charge on any atom is -0.397 e. The summed E-state index contributed by atoms with van der Waals surface area (Å²) in [5.41, 5.74) is 7.68. The lowest BCUT2D eigenvalue weighted by atomic mass is 10.1. The molecule has 0 atom stereocenters. The number of rotatable bonds is 3. The van der Waals surface area contributed by atoms with Crippen LogP contribution in [0.2, 0.25) is 0 Å². The van der Waals surface area contributed by atoms with Gasteiger partial charge >= 0.3 is 0 Å². The van der Waals surface area contributed by atoms with Crippen LogP contribution >= 0.6 is 11.3 Å². The molecule has 1 aromatic heterocycles. The van der Waals surface area contributed by atoms with E-state index in [1.165, 1.54) is 11.3 Å². The Labute approximate surface area is 130 Å². The minimum absolute atomic E-state index is 0.0273. The Morgan fingerprint density at radius 3 is 2.62 bits per heavy atom. The van der Waals surface area contributed by atoms with Crippen molar-refractivity contribution in [3.05, 3.63) is 41.3 Å². The van der Waals surface area contributed by atoms with Crippen molar-refractivity contribution in [2.45, 2.75) is 33.2 Å². The molecule has 21 heavy (non-hydrogen) atoms. The Morgan fingerprint density at radius 2 is 2.10 bits per heavy atom. The molecular weight excluding hydrogens is 280 g/mol. The van der Waals surface area contributed by atoms with Crippen LogP contribution in [0.25, 0.3) is 10.1 Å². The first-order valence-corrected chi connectivity index (χ1v) is 7.79. The van der Waals surface area contributed by atoms with E-state index in [2.05, 4.69) is 6.58 Å². The zero-order valence-corrected chi connectivity index (χ0v) is 13.9. The third kappa shape index (κ3) is 2.81. The molecule has 0 fully saturated rings. The normalized spacial score (nSPS) is 11.6. The average Bonchev–Trinajstić information content (AvgIpc) is 2.73. The van der Waals surface area contributed by atoms with Crippen molar-refractivity contribution in [3.8, 4) is 0 Å². The van der Waals surface area contributed by atoms with Gasteiger partial charge in [0.2, 0.25) is 0 Å². The minimum atomic E-state index is -0.275. The van der Waals surface area contributed by atoms with Crippen molar-refractivity contribution in [2.75, 3.05) is 12.3 Å². The maximum Gasteiger partial charge on any atom is 0.266 e. The number of amides is 1. The first-order chi connectivity index (χ1) is 9.77. The molecule has 112 valence electrons. The van der Waals surface area contributed by atoms with E-state index in [9.17, 15) is 4.79 Å². The van der Waals surface area contributed by atoms with Crippen LogP contribution in [0.1, 0.15) is 36.0 Å². The predicted octanol–water partition coefficient (Wildman–Crippen LogP) is 4.22. The monoisotopic (exact) mass is 302 g/mol. The molecule has 1 aromatic carbocycles. The highest BCUT2D eigenvalue weighted by Crippen LogP contribution is 2.37. The Morgan fingerprint density at radius 1 is 1.43 bits per heavy atom. The number of hydrogen-bond donors (Lipinski definition) is 1. The van der Waals surface area contributed by atoms with Gasteiger partial charge in [-0.25, -0.2) is 0 Å². The second-order valence-electron chi connectivity index (χ2n) is 6.17. The van der Waals surface area contributed by atoms with Crippen LogP contribution < -0.4 is 5.73 Å². The largest absolute Gasteiger partial charge is 0.397 e. The van der Waals surface area contributed by atoms with Crippen molar-refractivity contribution >= 4 is 33.0 Å². The summed E-state index contributed by atoms with van der Waals surface area (Å²) in [7, 11) is 0. The SMILES string of the molecule is C=CCN(C(=O)c1sc2c(C)cccc2c1N)C(C)(C)C. The van der Waals surface area contributed by atoms with Gasteiger partial charge in [-0.1, -0.05) is 24.3 Å². The van der Waals surface area contributed by atoms with Gasteiger partial charge in [0, 0.05) is 22.2 Å². The molecule has 2 aromatic rings. The van der Waals surface area contributed by atoms with E-state index in [0.29, 0.717) is 17.1 Å². The molecule has 0 aliphatic rings. The summed E-state index contributed by atoms with van der Waals surface area (Å²) in [5, 5.41) is 0.968. The number of benzene rings is 1. The average molecular weight is 302 g/mol. The topological polar surface area (TPSA) is 46.3 Å². The molecule has 1 amide bonds. The van der Waals surface area contributed by atoms with Gasteiger partial charge in [-0.2, -0.15) is 0 Å². The van der Waals surface area contributed by atoms with E-state index in [1.54, 1.807) is 11.0 Å². The van der Waals surface area contributed by atoms with Gasteiger partial charge in [0.1, 0.15) is 4.88 Å².